The van der Waals surface area contributed by atoms with Crippen LogP contribution in [0.15, 0.2) is 35.1 Å². The van der Waals surface area contributed by atoms with Crippen LogP contribution >= 0.6 is 23.2 Å². The predicted molar refractivity (Wildman–Crippen MR) is 89.5 cm³/mol. The van der Waals surface area contributed by atoms with E-state index in [0.29, 0.717) is 5.02 Å². The average Bonchev–Trinajstić information content (AvgIpc) is 3.09. The Balaban J connectivity index is 1.81. The maximum absolute atomic E-state index is 12.0. The molecule has 0 aliphatic rings. The minimum absolute atomic E-state index is 0.0575. The molecule has 25 heavy (non-hydrogen) atoms. The summed E-state index contributed by atoms with van der Waals surface area (Å²) in [5, 5.41) is 5.17. The highest BCUT2D eigenvalue weighted by molar-refractivity contribution is 6.36. The number of carbonyl (C=O) groups is 3. The summed E-state index contributed by atoms with van der Waals surface area (Å²) in [4.78, 5) is 39.2. The minimum atomic E-state index is -1.12. The van der Waals surface area contributed by atoms with Gasteiger partial charge >= 0.3 is 5.97 Å². The predicted octanol–water partition coefficient (Wildman–Crippen LogP) is 2.28. The molecule has 10 heteroatoms. The molecule has 0 radical (unpaired) electrons. The van der Waals surface area contributed by atoms with Gasteiger partial charge in [-0.3, -0.25) is 14.4 Å². The Kier molecular flexibility index (Phi) is 6.37. The lowest BCUT2D eigenvalue weighted by Gasteiger charge is -2.14. The van der Waals surface area contributed by atoms with Crippen molar-refractivity contribution in [2.24, 2.45) is 0 Å². The molecule has 0 aromatic carbocycles. The van der Waals surface area contributed by atoms with Crippen molar-refractivity contribution >= 4 is 46.8 Å². The Morgan fingerprint density at radius 1 is 1.36 bits per heavy atom. The number of amides is 2. The summed E-state index contributed by atoms with van der Waals surface area (Å²) in [6.07, 6.45) is 1.51. The fourth-order valence-corrected chi connectivity index (χ4v) is 2.09. The molecule has 2 amide bonds. The van der Waals surface area contributed by atoms with Gasteiger partial charge in [0, 0.05) is 6.20 Å². The van der Waals surface area contributed by atoms with Gasteiger partial charge in [-0.2, -0.15) is 0 Å². The van der Waals surface area contributed by atoms with Gasteiger partial charge in [0.2, 0.25) is 0 Å². The zero-order valence-corrected chi connectivity index (χ0v) is 14.4. The maximum Gasteiger partial charge on any atom is 0.326 e. The van der Waals surface area contributed by atoms with E-state index in [2.05, 4.69) is 15.6 Å². The molecule has 2 aromatic rings. The van der Waals surface area contributed by atoms with Crippen molar-refractivity contribution in [3.63, 3.8) is 0 Å². The largest absolute Gasteiger partial charge is 0.459 e. The number of ether oxygens (including phenoxy) is 1. The number of nitrogens with one attached hydrogen (secondary N) is 2. The zero-order valence-electron chi connectivity index (χ0n) is 12.9. The molecule has 2 heterocycles. The molecule has 0 saturated heterocycles. The van der Waals surface area contributed by atoms with Gasteiger partial charge in [0.25, 0.3) is 11.8 Å². The first-order chi connectivity index (χ1) is 11.9. The van der Waals surface area contributed by atoms with E-state index in [4.69, 9.17) is 32.4 Å². The Bertz CT molecular complexity index is 779. The number of hydrogen-bond acceptors (Lipinski definition) is 6. The molecule has 1 atom stereocenters. The standard InChI is InChI=1S/C15H13Cl2N3O5/c1-8(14(22)20-13-10(17)5-9(16)6-18-13)25-12(21)7-19-15(23)11-3-2-4-24-11/h2-6,8H,7H2,1H3,(H,19,23)(H,18,20,22)/t8-/m0/s1. The minimum Gasteiger partial charge on any atom is -0.459 e. The van der Waals surface area contributed by atoms with E-state index in [1.807, 2.05) is 0 Å². The average molecular weight is 386 g/mol. The summed E-state index contributed by atoms with van der Waals surface area (Å²) in [6, 6.07) is 4.39. The van der Waals surface area contributed by atoms with Gasteiger partial charge in [-0.15, -0.1) is 0 Å². The number of esters is 1. The van der Waals surface area contributed by atoms with E-state index in [1.54, 1.807) is 0 Å². The van der Waals surface area contributed by atoms with Crippen LogP contribution in [0.3, 0.4) is 0 Å². The fraction of sp³-hybridized carbons (Fsp3) is 0.200. The van der Waals surface area contributed by atoms with E-state index in [0.717, 1.165) is 0 Å². The first kappa shape index (κ1) is 18.8. The Labute approximate surface area is 152 Å². The molecular formula is C15H13Cl2N3O5. The van der Waals surface area contributed by atoms with Crippen LogP contribution in [0.1, 0.15) is 17.5 Å². The Morgan fingerprint density at radius 3 is 2.76 bits per heavy atom. The maximum atomic E-state index is 12.0. The number of nitrogens with zero attached hydrogens (tertiary/aromatic N) is 1. The van der Waals surface area contributed by atoms with E-state index < -0.39 is 30.4 Å². The molecule has 2 aromatic heterocycles. The number of hydrogen-bond donors (Lipinski definition) is 2. The fourth-order valence-electron chi connectivity index (χ4n) is 1.66. The number of carbonyl (C=O) groups excluding carboxylic acids is 3. The number of halogens is 2. The molecule has 132 valence electrons. The van der Waals surface area contributed by atoms with E-state index >= 15 is 0 Å². The van der Waals surface area contributed by atoms with Crippen LogP contribution < -0.4 is 10.6 Å². The third-order valence-electron chi connectivity index (χ3n) is 2.87. The molecule has 8 nitrogen and oxygen atoms in total. The van der Waals surface area contributed by atoms with E-state index in [1.165, 1.54) is 37.6 Å². The molecule has 2 rings (SSSR count). The lowest BCUT2D eigenvalue weighted by Crippen LogP contribution is -2.35. The number of pyridine rings is 1. The van der Waals surface area contributed by atoms with Crippen molar-refractivity contribution in [2.45, 2.75) is 13.0 Å². The first-order valence-corrected chi connectivity index (χ1v) is 7.75. The van der Waals surface area contributed by atoms with Crippen LogP contribution in [-0.4, -0.2) is 35.4 Å². The van der Waals surface area contributed by atoms with Gasteiger partial charge in [0.15, 0.2) is 17.7 Å². The third kappa shape index (κ3) is 5.47. The number of anilines is 1. The van der Waals surface area contributed by atoms with Crippen LogP contribution in [0.2, 0.25) is 10.0 Å². The van der Waals surface area contributed by atoms with Gasteiger partial charge in [-0.25, -0.2) is 4.98 Å². The van der Waals surface area contributed by atoms with Gasteiger partial charge in [-0.1, -0.05) is 23.2 Å². The molecule has 2 N–H and O–H groups in total. The number of furan rings is 1. The number of aromatic nitrogens is 1. The van der Waals surface area contributed by atoms with Crippen LogP contribution in [0.4, 0.5) is 5.82 Å². The van der Waals surface area contributed by atoms with Crippen LogP contribution in [-0.2, 0) is 14.3 Å². The van der Waals surface area contributed by atoms with Crippen molar-refractivity contribution in [3.8, 4) is 0 Å². The lowest BCUT2D eigenvalue weighted by atomic mass is 10.3. The molecule has 0 spiro atoms. The SMILES string of the molecule is C[C@H](OC(=O)CNC(=O)c1ccco1)C(=O)Nc1ncc(Cl)cc1Cl. The first-order valence-electron chi connectivity index (χ1n) is 7.00. The third-order valence-corrected chi connectivity index (χ3v) is 3.36. The Morgan fingerprint density at radius 2 is 2.12 bits per heavy atom. The summed E-state index contributed by atoms with van der Waals surface area (Å²) < 4.78 is 9.80. The van der Waals surface area contributed by atoms with Crippen molar-refractivity contribution in [3.05, 3.63) is 46.5 Å². The molecule has 0 aliphatic heterocycles. The van der Waals surface area contributed by atoms with Gasteiger partial charge < -0.3 is 19.8 Å². The van der Waals surface area contributed by atoms with Gasteiger partial charge in [-0.05, 0) is 25.1 Å². The summed E-state index contributed by atoms with van der Waals surface area (Å²) in [6.45, 7) is 0.947. The van der Waals surface area contributed by atoms with E-state index in [9.17, 15) is 14.4 Å². The molecule has 0 bridgehead atoms. The zero-order chi connectivity index (χ0) is 18.4. The lowest BCUT2D eigenvalue weighted by molar-refractivity contribution is -0.152. The van der Waals surface area contributed by atoms with E-state index in [-0.39, 0.29) is 16.6 Å². The van der Waals surface area contributed by atoms with Crippen molar-refractivity contribution in [1.29, 1.82) is 0 Å². The van der Waals surface area contributed by atoms with Crippen molar-refractivity contribution < 1.29 is 23.5 Å². The summed E-state index contributed by atoms with van der Waals surface area (Å²) in [5.41, 5.74) is 0. The molecule has 0 unspecified atom stereocenters. The summed E-state index contributed by atoms with van der Waals surface area (Å²) >= 11 is 11.6. The van der Waals surface area contributed by atoms with Gasteiger partial charge in [0.1, 0.15) is 6.54 Å². The molecular weight excluding hydrogens is 373 g/mol. The Hall–Kier alpha value is -2.58. The highest BCUT2D eigenvalue weighted by Gasteiger charge is 2.20. The van der Waals surface area contributed by atoms with Crippen LogP contribution in [0.25, 0.3) is 0 Å². The van der Waals surface area contributed by atoms with Crippen molar-refractivity contribution in [2.75, 3.05) is 11.9 Å². The molecule has 0 fully saturated rings. The number of rotatable bonds is 6. The molecule has 0 saturated carbocycles. The normalized spacial score (nSPS) is 11.5. The topological polar surface area (TPSA) is 111 Å². The monoisotopic (exact) mass is 385 g/mol. The summed E-state index contributed by atoms with van der Waals surface area (Å²) in [7, 11) is 0. The second-order valence-corrected chi connectivity index (χ2v) is 5.61. The quantitative estimate of drug-likeness (QED) is 0.737. The molecule has 0 aliphatic carbocycles. The second-order valence-electron chi connectivity index (χ2n) is 4.77. The summed E-state index contributed by atoms with van der Waals surface area (Å²) in [5.74, 6) is -1.86. The highest BCUT2D eigenvalue weighted by atomic mass is 35.5. The second kappa shape index (κ2) is 8.50. The van der Waals surface area contributed by atoms with Gasteiger partial charge in [0.05, 0.1) is 16.3 Å². The smallest absolute Gasteiger partial charge is 0.326 e. The highest BCUT2D eigenvalue weighted by Crippen LogP contribution is 2.22. The van der Waals surface area contributed by atoms with Crippen molar-refractivity contribution in [1.82, 2.24) is 10.3 Å². The van der Waals surface area contributed by atoms with Crippen LogP contribution in [0, 0.1) is 0 Å². The van der Waals surface area contributed by atoms with Crippen LogP contribution in [0.5, 0.6) is 0 Å².